The molecule has 4 nitrogen and oxygen atoms in total. The molecule has 0 bridgehead atoms. The fourth-order valence-electron chi connectivity index (χ4n) is 2.47. The molecule has 2 N–H and O–H groups in total. The van der Waals surface area contributed by atoms with Gasteiger partial charge in [-0.05, 0) is 31.2 Å². The third kappa shape index (κ3) is 2.20. The van der Waals surface area contributed by atoms with Crippen molar-refractivity contribution in [3.05, 3.63) is 18.2 Å². The number of carbonyl (C=O) groups is 1. The molecule has 1 saturated heterocycles. The molecule has 96 valence electrons. The largest absolute Gasteiger partial charge is 0.370 e. The van der Waals surface area contributed by atoms with Gasteiger partial charge >= 0.3 is 0 Å². The lowest BCUT2D eigenvalue weighted by molar-refractivity contribution is -0.113. The highest BCUT2D eigenvalue weighted by molar-refractivity contribution is 8.00. The van der Waals surface area contributed by atoms with E-state index in [2.05, 4.69) is 40.8 Å². The Bertz CT molecular complexity index is 471. The molecule has 1 fully saturated rings. The number of thioether (sulfide) groups is 1. The molecule has 0 aromatic heterocycles. The van der Waals surface area contributed by atoms with Crippen LogP contribution in [0.15, 0.2) is 23.1 Å². The summed E-state index contributed by atoms with van der Waals surface area (Å²) < 4.78 is 0. The van der Waals surface area contributed by atoms with Gasteiger partial charge in [-0.15, -0.1) is 11.8 Å². The number of nitrogens with zero attached hydrogens (tertiary/aromatic N) is 1. The molecular weight excluding hydrogens is 246 g/mol. The zero-order valence-corrected chi connectivity index (χ0v) is 11.2. The summed E-state index contributed by atoms with van der Waals surface area (Å²) in [7, 11) is 2.12. The molecule has 5 heteroatoms. The average molecular weight is 263 g/mol. The van der Waals surface area contributed by atoms with Crippen molar-refractivity contribution in [2.75, 3.05) is 36.1 Å². The minimum absolute atomic E-state index is 0.0924. The van der Waals surface area contributed by atoms with Gasteiger partial charge in [0.15, 0.2) is 0 Å². The van der Waals surface area contributed by atoms with Crippen LogP contribution < -0.4 is 15.5 Å². The summed E-state index contributed by atoms with van der Waals surface area (Å²) in [6.07, 6.45) is 1.18. The van der Waals surface area contributed by atoms with Crippen LogP contribution in [-0.4, -0.2) is 37.8 Å². The van der Waals surface area contributed by atoms with E-state index in [1.165, 1.54) is 12.1 Å². The van der Waals surface area contributed by atoms with Crippen molar-refractivity contribution in [3.63, 3.8) is 0 Å². The molecule has 1 aromatic carbocycles. The number of hydrogen-bond donors (Lipinski definition) is 2. The molecule has 1 atom stereocenters. The second-order valence-corrected chi connectivity index (χ2v) is 5.79. The molecular formula is C13H17N3OS. The molecule has 18 heavy (non-hydrogen) atoms. The molecule has 0 radical (unpaired) electrons. The van der Waals surface area contributed by atoms with E-state index >= 15 is 0 Å². The number of anilines is 2. The summed E-state index contributed by atoms with van der Waals surface area (Å²) in [6.45, 7) is 2.13. The van der Waals surface area contributed by atoms with Gasteiger partial charge in [0.05, 0.1) is 11.4 Å². The van der Waals surface area contributed by atoms with E-state index in [-0.39, 0.29) is 5.91 Å². The van der Waals surface area contributed by atoms with Crippen LogP contribution in [0.3, 0.4) is 0 Å². The zero-order chi connectivity index (χ0) is 12.5. The summed E-state index contributed by atoms with van der Waals surface area (Å²) in [4.78, 5) is 14.9. The average Bonchev–Trinajstić information content (AvgIpc) is 2.90. The zero-order valence-electron chi connectivity index (χ0n) is 10.4. The maximum absolute atomic E-state index is 11.4. The van der Waals surface area contributed by atoms with Gasteiger partial charge in [-0.2, -0.15) is 0 Å². The summed E-state index contributed by atoms with van der Waals surface area (Å²) in [6, 6.07) is 6.88. The van der Waals surface area contributed by atoms with Gasteiger partial charge in [-0.3, -0.25) is 4.79 Å². The smallest absolute Gasteiger partial charge is 0.234 e. The second-order valence-electron chi connectivity index (χ2n) is 4.77. The highest BCUT2D eigenvalue weighted by Gasteiger charge is 2.21. The first-order valence-corrected chi connectivity index (χ1v) is 7.23. The molecule has 2 heterocycles. The topological polar surface area (TPSA) is 44.4 Å². The highest BCUT2D eigenvalue weighted by Crippen LogP contribution is 2.34. The SMILES string of the molecule is CN(c1ccc2c(c1)NC(=O)CS2)C1CCNC1. The first kappa shape index (κ1) is 11.9. The quantitative estimate of drug-likeness (QED) is 0.849. The van der Waals surface area contributed by atoms with Crippen LogP contribution in [-0.2, 0) is 4.79 Å². The van der Waals surface area contributed by atoms with Crippen LogP contribution >= 0.6 is 11.8 Å². The molecule has 0 saturated carbocycles. The van der Waals surface area contributed by atoms with Gasteiger partial charge in [-0.1, -0.05) is 0 Å². The van der Waals surface area contributed by atoms with Gasteiger partial charge in [0.2, 0.25) is 5.91 Å². The number of nitrogens with one attached hydrogen (secondary N) is 2. The van der Waals surface area contributed by atoms with E-state index in [9.17, 15) is 4.79 Å². The Kier molecular flexibility index (Phi) is 3.18. The number of benzene rings is 1. The molecule has 1 amide bonds. The standard InChI is InChI=1S/C13H17N3OS/c1-16(10-4-5-14-7-10)9-2-3-12-11(6-9)15-13(17)8-18-12/h2-3,6,10,14H,4-5,7-8H2,1H3,(H,15,17). The molecule has 2 aliphatic rings. The van der Waals surface area contributed by atoms with Crippen LogP contribution in [0.4, 0.5) is 11.4 Å². The van der Waals surface area contributed by atoms with Crippen LogP contribution in [0.1, 0.15) is 6.42 Å². The van der Waals surface area contributed by atoms with Gasteiger partial charge in [0.1, 0.15) is 0 Å². The van der Waals surface area contributed by atoms with Gasteiger partial charge < -0.3 is 15.5 Å². The van der Waals surface area contributed by atoms with Crippen molar-refractivity contribution in [2.45, 2.75) is 17.4 Å². The lowest BCUT2D eigenvalue weighted by Crippen LogP contribution is -2.33. The normalized spacial score (nSPS) is 22.5. The first-order chi connectivity index (χ1) is 8.74. The lowest BCUT2D eigenvalue weighted by atomic mass is 10.2. The van der Waals surface area contributed by atoms with Crippen LogP contribution in [0, 0.1) is 0 Å². The molecule has 0 aliphatic carbocycles. The van der Waals surface area contributed by atoms with E-state index in [0.717, 1.165) is 23.7 Å². The third-order valence-electron chi connectivity index (χ3n) is 3.59. The molecule has 1 unspecified atom stereocenters. The highest BCUT2D eigenvalue weighted by atomic mass is 32.2. The van der Waals surface area contributed by atoms with Gasteiger partial charge in [-0.25, -0.2) is 0 Å². The minimum Gasteiger partial charge on any atom is -0.370 e. The van der Waals surface area contributed by atoms with Crippen LogP contribution in [0.5, 0.6) is 0 Å². The fourth-order valence-corrected chi connectivity index (χ4v) is 3.26. The van der Waals surface area contributed by atoms with Gasteiger partial charge in [0.25, 0.3) is 0 Å². The Morgan fingerprint density at radius 2 is 2.33 bits per heavy atom. The van der Waals surface area contributed by atoms with Crippen LogP contribution in [0.2, 0.25) is 0 Å². The predicted octanol–water partition coefficient (Wildman–Crippen LogP) is 1.53. The molecule has 3 rings (SSSR count). The third-order valence-corrected chi connectivity index (χ3v) is 4.66. The predicted molar refractivity (Wildman–Crippen MR) is 75.5 cm³/mol. The minimum atomic E-state index is 0.0924. The molecule has 0 spiro atoms. The maximum Gasteiger partial charge on any atom is 0.234 e. The van der Waals surface area contributed by atoms with Crippen molar-refractivity contribution in [2.24, 2.45) is 0 Å². The lowest BCUT2D eigenvalue weighted by Gasteiger charge is -2.27. The monoisotopic (exact) mass is 263 g/mol. The number of hydrogen-bond acceptors (Lipinski definition) is 4. The summed E-state index contributed by atoms with van der Waals surface area (Å²) in [5, 5.41) is 6.32. The first-order valence-electron chi connectivity index (χ1n) is 6.24. The van der Waals surface area contributed by atoms with Crippen molar-refractivity contribution >= 4 is 29.0 Å². The Labute approximate surface area is 111 Å². The number of amides is 1. The number of likely N-dealkylation sites (N-methyl/N-ethyl adjacent to an activating group) is 1. The Morgan fingerprint density at radius 3 is 3.11 bits per heavy atom. The van der Waals surface area contributed by atoms with Gasteiger partial charge in [0, 0.05) is 30.2 Å². The summed E-state index contributed by atoms with van der Waals surface area (Å²) in [5.74, 6) is 0.615. The van der Waals surface area contributed by atoms with Crippen molar-refractivity contribution in [3.8, 4) is 0 Å². The van der Waals surface area contributed by atoms with Crippen molar-refractivity contribution in [1.82, 2.24) is 5.32 Å². The van der Waals surface area contributed by atoms with E-state index in [0.29, 0.717) is 11.8 Å². The van der Waals surface area contributed by atoms with Crippen molar-refractivity contribution in [1.29, 1.82) is 0 Å². The Hall–Kier alpha value is -1.20. The maximum atomic E-state index is 11.4. The summed E-state index contributed by atoms with van der Waals surface area (Å²) >= 11 is 1.61. The van der Waals surface area contributed by atoms with E-state index < -0.39 is 0 Å². The van der Waals surface area contributed by atoms with Crippen LogP contribution in [0.25, 0.3) is 0 Å². The van der Waals surface area contributed by atoms with Crippen molar-refractivity contribution < 1.29 is 4.79 Å². The number of fused-ring (bicyclic) bond motifs is 1. The number of rotatable bonds is 2. The number of carbonyl (C=O) groups excluding carboxylic acids is 1. The summed E-state index contributed by atoms with van der Waals surface area (Å²) in [5.41, 5.74) is 2.12. The second kappa shape index (κ2) is 4.82. The van der Waals surface area contributed by atoms with E-state index in [4.69, 9.17) is 0 Å². The molecule has 1 aromatic rings. The fraction of sp³-hybridized carbons (Fsp3) is 0.462. The van der Waals surface area contributed by atoms with E-state index in [1.807, 2.05) is 0 Å². The van der Waals surface area contributed by atoms with E-state index in [1.54, 1.807) is 11.8 Å². The molecule has 2 aliphatic heterocycles. The Balaban J connectivity index is 1.84. The Morgan fingerprint density at radius 1 is 1.44 bits per heavy atom.